The largest absolute Gasteiger partial charge is 0.491 e. The summed E-state index contributed by atoms with van der Waals surface area (Å²) in [6.45, 7) is 11.5. The number of ether oxygens (including phenoxy) is 1. The molecule has 1 aromatic carbocycles. The molecule has 0 bridgehead atoms. The molecule has 3 nitrogen and oxygen atoms in total. The Balaban J connectivity index is 2.37. The zero-order chi connectivity index (χ0) is 15.1. The van der Waals surface area contributed by atoms with E-state index >= 15 is 0 Å². The van der Waals surface area contributed by atoms with Gasteiger partial charge in [-0.05, 0) is 49.4 Å². The molecule has 0 aromatic heterocycles. The fourth-order valence-corrected chi connectivity index (χ4v) is 2.41. The quantitative estimate of drug-likeness (QED) is 0.768. The number of aliphatic hydroxyl groups is 1. The molecule has 2 atom stereocenters. The first-order valence-corrected chi connectivity index (χ1v) is 7.55. The summed E-state index contributed by atoms with van der Waals surface area (Å²) >= 11 is 0. The summed E-state index contributed by atoms with van der Waals surface area (Å²) in [4.78, 5) is 0. The average Bonchev–Trinajstić information content (AvgIpc) is 2.35. The van der Waals surface area contributed by atoms with E-state index in [9.17, 15) is 5.11 Å². The maximum atomic E-state index is 9.99. The second kappa shape index (κ2) is 8.28. The van der Waals surface area contributed by atoms with E-state index in [0.717, 1.165) is 12.2 Å². The summed E-state index contributed by atoms with van der Waals surface area (Å²) in [7, 11) is 0. The third kappa shape index (κ3) is 5.93. The van der Waals surface area contributed by atoms with Gasteiger partial charge < -0.3 is 15.2 Å². The van der Waals surface area contributed by atoms with Crippen LogP contribution in [0.1, 0.15) is 38.3 Å². The predicted octanol–water partition coefficient (Wildman–Crippen LogP) is 3.07. The molecule has 1 aromatic rings. The zero-order valence-corrected chi connectivity index (χ0v) is 13.4. The van der Waals surface area contributed by atoms with Crippen LogP contribution in [0, 0.1) is 19.8 Å². The average molecular weight is 279 g/mol. The van der Waals surface area contributed by atoms with Crippen LogP contribution in [0.2, 0.25) is 0 Å². The van der Waals surface area contributed by atoms with Crippen molar-refractivity contribution in [1.82, 2.24) is 5.32 Å². The Bertz CT molecular complexity index is 384. The second-order valence-corrected chi connectivity index (χ2v) is 5.96. The summed E-state index contributed by atoms with van der Waals surface area (Å²) in [5.41, 5.74) is 2.36. The number of benzene rings is 1. The lowest BCUT2D eigenvalue weighted by Gasteiger charge is -2.22. The highest BCUT2D eigenvalue weighted by molar-refractivity contribution is 5.32. The molecule has 0 aliphatic heterocycles. The van der Waals surface area contributed by atoms with Gasteiger partial charge in [0.1, 0.15) is 18.5 Å². The Kier molecular flexibility index (Phi) is 7.03. The molecule has 0 aliphatic rings. The molecule has 0 amide bonds. The van der Waals surface area contributed by atoms with Crippen LogP contribution in [0.5, 0.6) is 5.75 Å². The standard InChI is InChI=1S/C17H29NO2/c1-6-17(12(2)3)18-10-15(19)11-20-16-8-13(4)7-14(5)9-16/h7-9,12,15,17-19H,6,10-11H2,1-5H3. The fourth-order valence-electron chi connectivity index (χ4n) is 2.41. The van der Waals surface area contributed by atoms with Gasteiger partial charge >= 0.3 is 0 Å². The third-order valence-electron chi connectivity index (χ3n) is 3.50. The van der Waals surface area contributed by atoms with Crippen LogP contribution in [0.15, 0.2) is 18.2 Å². The van der Waals surface area contributed by atoms with Crippen molar-refractivity contribution in [3.05, 3.63) is 29.3 Å². The van der Waals surface area contributed by atoms with Gasteiger partial charge in [0, 0.05) is 12.6 Å². The first-order valence-electron chi connectivity index (χ1n) is 7.55. The molecule has 0 saturated heterocycles. The van der Waals surface area contributed by atoms with Crippen molar-refractivity contribution in [1.29, 1.82) is 0 Å². The predicted molar refractivity (Wildman–Crippen MR) is 84.3 cm³/mol. The van der Waals surface area contributed by atoms with Crippen molar-refractivity contribution in [2.75, 3.05) is 13.2 Å². The monoisotopic (exact) mass is 279 g/mol. The summed E-state index contributed by atoms with van der Waals surface area (Å²) in [6, 6.07) is 6.55. The minimum Gasteiger partial charge on any atom is -0.491 e. The van der Waals surface area contributed by atoms with E-state index < -0.39 is 6.10 Å². The summed E-state index contributed by atoms with van der Waals surface area (Å²) in [6.07, 6.45) is 0.589. The Labute approximate surface area is 123 Å². The molecule has 2 N–H and O–H groups in total. The second-order valence-electron chi connectivity index (χ2n) is 5.96. The summed E-state index contributed by atoms with van der Waals surface area (Å²) in [5.74, 6) is 1.41. The molecule has 114 valence electrons. The van der Waals surface area contributed by atoms with Crippen LogP contribution in [-0.4, -0.2) is 30.4 Å². The normalized spacial score (nSPS) is 14.3. The van der Waals surface area contributed by atoms with Crippen molar-refractivity contribution in [3.8, 4) is 5.75 Å². The van der Waals surface area contributed by atoms with E-state index in [0.29, 0.717) is 25.1 Å². The van der Waals surface area contributed by atoms with Gasteiger partial charge in [0.15, 0.2) is 0 Å². The number of aliphatic hydroxyl groups excluding tert-OH is 1. The Morgan fingerprint density at radius 3 is 2.25 bits per heavy atom. The minimum absolute atomic E-state index is 0.324. The van der Waals surface area contributed by atoms with Gasteiger partial charge in [-0.1, -0.05) is 26.8 Å². The summed E-state index contributed by atoms with van der Waals surface area (Å²) in [5, 5.41) is 13.4. The molecule has 0 fully saturated rings. The molecular weight excluding hydrogens is 250 g/mol. The van der Waals surface area contributed by atoms with Crippen molar-refractivity contribution in [2.24, 2.45) is 5.92 Å². The molecule has 20 heavy (non-hydrogen) atoms. The van der Waals surface area contributed by atoms with Crippen molar-refractivity contribution in [2.45, 2.75) is 53.2 Å². The molecule has 0 aliphatic carbocycles. The molecule has 2 unspecified atom stereocenters. The lowest BCUT2D eigenvalue weighted by Crippen LogP contribution is -2.40. The lowest BCUT2D eigenvalue weighted by atomic mass is 10.0. The molecule has 3 heteroatoms. The highest BCUT2D eigenvalue weighted by Crippen LogP contribution is 2.16. The summed E-state index contributed by atoms with van der Waals surface area (Å²) < 4.78 is 5.67. The van der Waals surface area contributed by atoms with E-state index in [1.54, 1.807) is 0 Å². The van der Waals surface area contributed by atoms with Gasteiger partial charge in [0.05, 0.1) is 0 Å². The van der Waals surface area contributed by atoms with E-state index in [1.165, 1.54) is 11.1 Å². The first-order chi connectivity index (χ1) is 9.42. The van der Waals surface area contributed by atoms with Gasteiger partial charge in [-0.25, -0.2) is 0 Å². The number of hydrogen-bond donors (Lipinski definition) is 2. The number of aryl methyl sites for hydroxylation is 2. The molecule has 0 heterocycles. The van der Waals surface area contributed by atoms with Crippen LogP contribution in [0.3, 0.4) is 0 Å². The highest BCUT2D eigenvalue weighted by Gasteiger charge is 2.13. The molecule has 0 saturated carbocycles. The van der Waals surface area contributed by atoms with E-state index in [2.05, 4.69) is 32.2 Å². The van der Waals surface area contributed by atoms with E-state index in [-0.39, 0.29) is 0 Å². The Morgan fingerprint density at radius 1 is 1.15 bits per heavy atom. The van der Waals surface area contributed by atoms with Crippen LogP contribution >= 0.6 is 0 Å². The fraction of sp³-hybridized carbons (Fsp3) is 0.647. The maximum Gasteiger partial charge on any atom is 0.119 e. The van der Waals surface area contributed by atoms with Crippen molar-refractivity contribution < 1.29 is 9.84 Å². The topological polar surface area (TPSA) is 41.5 Å². The SMILES string of the molecule is CCC(NCC(O)COc1cc(C)cc(C)c1)C(C)C. The zero-order valence-electron chi connectivity index (χ0n) is 13.4. The molecular formula is C17H29NO2. The van der Waals surface area contributed by atoms with Crippen molar-refractivity contribution >= 4 is 0 Å². The van der Waals surface area contributed by atoms with Crippen molar-refractivity contribution in [3.63, 3.8) is 0 Å². The Hall–Kier alpha value is -1.06. The maximum absolute atomic E-state index is 9.99. The van der Waals surface area contributed by atoms with E-state index in [1.807, 2.05) is 26.0 Å². The van der Waals surface area contributed by atoms with Gasteiger partial charge in [0.2, 0.25) is 0 Å². The van der Waals surface area contributed by atoms with Gasteiger partial charge in [-0.15, -0.1) is 0 Å². The highest BCUT2D eigenvalue weighted by atomic mass is 16.5. The number of rotatable bonds is 8. The van der Waals surface area contributed by atoms with Gasteiger partial charge in [0.25, 0.3) is 0 Å². The lowest BCUT2D eigenvalue weighted by molar-refractivity contribution is 0.101. The number of hydrogen-bond acceptors (Lipinski definition) is 3. The third-order valence-corrected chi connectivity index (χ3v) is 3.50. The van der Waals surface area contributed by atoms with Crippen LogP contribution in [0.4, 0.5) is 0 Å². The first kappa shape index (κ1) is 17.0. The number of nitrogens with one attached hydrogen (secondary N) is 1. The molecule has 0 spiro atoms. The van der Waals surface area contributed by atoms with E-state index in [4.69, 9.17) is 4.74 Å². The smallest absolute Gasteiger partial charge is 0.119 e. The molecule has 1 rings (SSSR count). The van der Waals surface area contributed by atoms with Crippen LogP contribution < -0.4 is 10.1 Å². The van der Waals surface area contributed by atoms with Crippen LogP contribution in [0.25, 0.3) is 0 Å². The van der Waals surface area contributed by atoms with Crippen LogP contribution in [-0.2, 0) is 0 Å². The minimum atomic E-state index is -0.483. The molecule has 0 radical (unpaired) electrons. The van der Waals surface area contributed by atoms with Gasteiger partial charge in [-0.3, -0.25) is 0 Å². The Morgan fingerprint density at radius 2 is 1.75 bits per heavy atom. The van der Waals surface area contributed by atoms with Gasteiger partial charge in [-0.2, -0.15) is 0 Å².